The van der Waals surface area contributed by atoms with Gasteiger partial charge in [0.1, 0.15) is 22.7 Å². The molecule has 0 spiro atoms. The molecule has 21 heavy (non-hydrogen) atoms. The maximum Gasteiger partial charge on any atom is 0.181 e. The van der Waals surface area contributed by atoms with Crippen LogP contribution < -0.4 is 0 Å². The average molecular weight is 304 g/mol. The predicted molar refractivity (Wildman–Crippen MR) is 80.8 cm³/mol. The van der Waals surface area contributed by atoms with Crippen molar-refractivity contribution in [2.24, 2.45) is 5.92 Å². The first-order chi connectivity index (χ1) is 10.1. The molecule has 2 rings (SSSR count). The van der Waals surface area contributed by atoms with E-state index < -0.39 is 0 Å². The molecule has 0 aliphatic heterocycles. The van der Waals surface area contributed by atoms with E-state index >= 15 is 0 Å². The van der Waals surface area contributed by atoms with Crippen molar-refractivity contribution in [3.05, 3.63) is 24.1 Å². The number of hydrogen-bond donors (Lipinski definition) is 1. The molecule has 2 aromatic rings. The van der Waals surface area contributed by atoms with E-state index in [2.05, 4.69) is 19.9 Å². The number of nitrogens with zero attached hydrogens (tertiary/aromatic N) is 3. The molecule has 0 aromatic carbocycles. The van der Waals surface area contributed by atoms with Crippen molar-refractivity contribution in [2.45, 2.75) is 31.7 Å². The van der Waals surface area contributed by atoms with E-state index in [-0.39, 0.29) is 23.9 Å². The average Bonchev–Trinajstić information content (AvgIpc) is 2.94. The summed E-state index contributed by atoms with van der Waals surface area (Å²) in [5, 5.41) is 2.38. The Morgan fingerprint density at radius 1 is 1.29 bits per heavy atom. The van der Waals surface area contributed by atoms with Gasteiger partial charge in [-0.25, -0.2) is 15.0 Å². The Kier molecular flexibility index (Phi) is 5.21. The first-order valence-corrected chi connectivity index (χ1v) is 7.48. The van der Waals surface area contributed by atoms with Gasteiger partial charge < -0.3 is 4.98 Å². The van der Waals surface area contributed by atoms with Gasteiger partial charge in [0.15, 0.2) is 11.4 Å². The van der Waals surface area contributed by atoms with Crippen molar-refractivity contribution >= 4 is 34.5 Å². The lowest BCUT2D eigenvalue weighted by atomic mass is 10.0. The smallest absolute Gasteiger partial charge is 0.181 e. The van der Waals surface area contributed by atoms with Crippen LogP contribution in [-0.2, 0) is 9.59 Å². The fourth-order valence-corrected chi connectivity index (χ4v) is 2.35. The number of thioether (sulfide) groups is 1. The third-order valence-electron chi connectivity index (χ3n) is 2.88. The fraction of sp³-hybridized carbons (Fsp3) is 0.357. The van der Waals surface area contributed by atoms with E-state index in [4.69, 9.17) is 0 Å². The number of hydrogen-bond acceptors (Lipinski definition) is 6. The molecular formula is C14H16N4O2S. The molecule has 0 radical (unpaired) electrons. The van der Waals surface area contributed by atoms with Gasteiger partial charge in [-0.05, 0) is 11.5 Å². The van der Waals surface area contributed by atoms with Crippen LogP contribution in [0, 0.1) is 5.92 Å². The third kappa shape index (κ3) is 4.22. The van der Waals surface area contributed by atoms with Crippen LogP contribution in [0.5, 0.6) is 0 Å². The van der Waals surface area contributed by atoms with Gasteiger partial charge in [-0.3, -0.25) is 9.59 Å². The molecule has 0 saturated carbocycles. The van der Waals surface area contributed by atoms with E-state index in [0.29, 0.717) is 17.1 Å². The summed E-state index contributed by atoms with van der Waals surface area (Å²) >= 11 is 1.31. The predicted octanol–water partition coefficient (Wildman–Crippen LogP) is 2.53. The van der Waals surface area contributed by atoms with Gasteiger partial charge in [0.25, 0.3) is 0 Å². The Balaban J connectivity index is 1.89. The summed E-state index contributed by atoms with van der Waals surface area (Å²) in [4.78, 5) is 38.3. The van der Waals surface area contributed by atoms with Crippen molar-refractivity contribution < 1.29 is 9.59 Å². The second-order valence-corrected chi connectivity index (χ2v) is 5.68. The number of Topliss-reactive ketones (excluding diaryl/α,β-unsaturated/α-hetero) is 1. The third-order valence-corrected chi connectivity index (χ3v) is 3.69. The van der Waals surface area contributed by atoms with Gasteiger partial charge in [0.05, 0.1) is 6.33 Å². The van der Waals surface area contributed by atoms with Crippen LogP contribution in [0.2, 0.25) is 0 Å². The minimum Gasteiger partial charge on any atom is -0.341 e. The first-order valence-electron chi connectivity index (χ1n) is 6.60. The Morgan fingerprint density at radius 3 is 2.86 bits per heavy atom. The maximum absolute atomic E-state index is 11.7. The van der Waals surface area contributed by atoms with Crippen LogP contribution >= 0.6 is 11.8 Å². The molecule has 2 heterocycles. The van der Waals surface area contributed by atoms with E-state index in [0.717, 1.165) is 5.52 Å². The molecule has 0 saturated heterocycles. The largest absolute Gasteiger partial charge is 0.341 e. The Labute approximate surface area is 126 Å². The van der Waals surface area contributed by atoms with Crippen molar-refractivity contribution in [1.29, 1.82) is 0 Å². The highest BCUT2D eigenvalue weighted by Gasteiger charge is 2.09. The normalized spacial score (nSPS) is 11.6. The Hall–Kier alpha value is -2.02. The molecule has 6 nitrogen and oxygen atoms in total. The number of fused-ring (bicyclic) bond motifs is 1. The molecular weight excluding hydrogens is 288 g/mol. The monoisotopic (exact) mass is 304 g/mol. The SMILES string of the molecule is CC(C)C(=O)CCC(=O)/C=C\Sc1ncnc2nc[nH]c12. The van der Waals surface area contributed by atoms with Crippen molar-refractivity contribution in [3.63, 3.8) is 0 Å². The standard InChI is InChI=1S/C14H16N4O2S/c1-9(2)11(20)4-3-10(19)5-6-21-14-12-13(16-7-15-12)17-8-18-14/h5-9H,3-4H2,1-2H3,(H,15,16,17,18)/b6-5-. The summed E-state index contributed by atoms with van der Waals surface area (Å²) in [5.41, 5.74) is 1.34. The lowest BCUT2D eigenvalue weighted by molar-refractivity contribution is -0.124. The van der Waals surface area contributed by atoms with E-state index in [1.54, 1.807) is 11.7 Å². The quantitative estimate of drug-likeness (QED) is 0.480. The first kappa shape index (κ1) is 15.4. The number of rotatable bonds is 7. The van der Waals surface area contributed by atoms with Crippen LogP contribution in [0.1, 0.15) is 26.7 Å². The molecule has 110 valence electrons. The zero-order chi connectivity index (χ0) is 15.2. The molecule has 0 aliphatic rings. The Morgan fingerprint density at radius 2 is 2.10 bits per heavy atom. The zero-order valence-corrected chi connectivity index (χ0v) is 12.7. The number of aromatic amines is 1. The molecule has 0 amide bonds. The fourth-order valence-electron chi connectivity index (χ4n) is 1.62. The molecule has 0 fully saturated rings. The van der Waals surface area contributed by atoms with Gasteiger partial charge >= 0.3 is 0 Å². The van der Waals surface area contributed by atoms with Crippen molar-refractivity contribution in [3.8, 4) is 0 Å². The van der Waals surface area contributed by atoms with Gasteiger partial charge in [-0.1, -0.05) is 25.6 Å². The minimum atomic E-state index is -0.0635. The van der Waals surface area contributed by atoms with E-state index in [1.807, 2.05) is 13.8 Å². The van der Waals surface area contributed by atoms with Gasteiger partial charge in [0.2, 0.25) is 0 Å². The van der Waals surface area contributed by atoms with Gasteiger partial charge in [-0.15, -0.1) is 0 Å². The number of allylic oxidation sites excluding steroid dienone is 1. The topological polar surface area (TPSA) is 88.6 Å². The molecule has 0 unspecified atom stereocenters. The van der Waals surface area contributed by atoms with Crippen LogP contribution in [-0.4, -0.2) is 31.5 Å². The van der Waals surface area contributed by atoms with Crippen LogP contribution in [0.15, 0.2) is 29.2 Å². The maximum atomic E-state index is 11.7. The highest BCUT2D eigenvalue weighted by atomic mass is 32.2. The van der Waals surface area contributed by atoms with Crippen LogP contribution in [0.3, 0.4) is 0 Å². The molecule has 0 atom stereocenters. The molecule has 0 bridgehead atoms. The second kappa shape index (κ2) is 7.12. The molecule has 7 heteroatoms. The Bertz CT molecular complexity index is 678. The number of carbonyl (C=O) groups is 2. The number of imidazole rings is 1. The highest BCUT2D eigenvalue weighted by molar-refractivity contribution is 8.02. The summed E-state index contributed by atoms with van der Waals surface area (Å²) < 4.78 is 0. The number of aromatic nitrogens is 4. The number of carbonyl (C=O) groups excluding carboxylic acids is 2. The summed E-state index contributed by atoms with van der Waals surface area (Å²) in [5.74, 6) is 0.0246. The van der Waals surface area contributed by atoms with Gasteiger partial charge in [0, 0.05) is 18.8 Å². The van der Waals surface area contributed by atoms with Gasteiger partial charge in [-0.2, -0.15) is 0 Å². The molecule has 1 N–H and O–H groups in total. The zero-order valence-electron chi connectivity index (χ0n) is 11.9. The summed E-state index contributed by atoms with van der Waals surface area (Å²) in [6, 6.07) is 0. The lowest BCUT2D eigenvalue weighted by Crippen LogP contribution is -2.08. The van der Waals surface area contributed by atoms with E-state index in [1.165, 1.54) is 24.2 Å². The summed E-state index contributed by atoms with van der Waals surface area (Å²) in [7, 11) is 0. The summed E-state index contributed by atoms with van der Waals surface area (Å²) in [6.07, 6.45) is 5.00. The highest BCUT2D eigenvalue weighted by Crippen LogP contribution is 2.22. The van der Waals surface area contributed by atoms with Crippen molar-refractivity contribution in [1.82, 2.24) is 19.9 Å². The number of ketones is 2. The minimum absolute atomic E-state index is 0.0224. The van der Waals surface area contributed by atoms with Crippen molar-refractivity contribution in [2.75, 3.05) is 0 Å². The summed E-state index contributed by atoms with van der Waals surface area (Å²) in [6.45, 7) is 3.67. The lowest BCUT2D eigenvalue weighted by Gasteiger charge is -2.01. The number of H-pyrrole nitrogens is 1. The molecule has 0 aliphatic carbocycles. The molecule has 2 aromatic heterocycles. The van der Waals surface area contributed by atoms with Crippen LogP contribution in [0.4, 0.5) is 0 Å². The van der Waals surface area contributed by atoms with Crippen LogP contribution in [0.25, 0.3) is 11.2 Å². The second-order valence-electron chi connectivity index (χ2n) is 4.79. The number of nitrogens with one attached hydrogen (secondary N) is 1. The van der Waals surface area contributed by atoms with E-state index in [9.17, 15) is 9.59 Å².